The molecule has 2 nitrogen and oxygen atoms in total. The average molecular weight is 402 g/mol. The van der Waals surface area contributed by atoms with Gasteiger partial charge in [-0.15, -0.1) is 0 Å². The Hall–Kier alpha value is -2.38. The first-order valence-electron chi connectivity index (χ1n) is 8.92. The summed E-state index contributed by atoms with van der Waals surface area (Å²) in [5, 5.41) is 0. The van der Waals surface area contributed by atoms with E-state index < -0.39 is 23.5 Å². The lowest BCUT2D eigenvalue weighted by molar-refractivity contribution is -0.141. The number of hydrogen-bond acceptors (Lipinski definition) is 2. The molecule has 0 atom stereocenters. The molecule has 3 rings (SSSR count). The van der Waals surface area contributed by atoms with Gasteiger partial charge in [0, 0.05) is 24.5 Å². The van der Waals surface area contributed by atoms with Crippen LogP contribution in [0.25, 0.3) is 0 Å². The van der Waals surface area contributed by atoms with Crippen LogP contribution in [0, 0.1) is 5.92 Å². The number of benzene rings is 2. The Morgan fingerprint density at radius 2 is 1.57 bits per heavy atom. The van der Waals surface area contributed by atoms with Crippen LogP contribution >= 0.6 is 0 Å². The summed E-state index contributed by atoms with van der Waals surface area (Å²) in [6, 6.07) is 9.01. The summed E-state index contributed by atoms with van der Waals surface area (Å²) in [7, 11) is 0. The maximum absolute atomic E-state index is 13.3. The Morgan fingerprint density at radius 1 is 0.893 bits per heavy atom. The maximum atomic E-state index is 13.3. The van der Waals surface area contributed by atoms with Crippen molar-refractivity contribution in [3.05, 3.63) is 59.2 Å². The second-order valence-corrected chi connectivity index (χ2v) is 7.10. The summed E-state index contributed by atoms with van der Waals surface area (Å²) in [6.45, 7) is 1.24. The molecular weight excluding hydrogens is 382 g/mol. The third-order valence-electron chi connectivity index (χ3n) is 5.10. The second kappa shape index (κ2) is 7.56. The minimum absolute atomic E-state index is 0.0243. The van der Waals surface area contributed by atoms with E-state index in [1.165, 1.54) is 0 Å². The minimum atomic E-state index is -4.68. The molecule has 1 fully saturated rings. The molecule has 0 bridgehead atoms. The number of hydrogen-bond donors (Lipinski definition) is 1. The topological polar surface area (TPSA) is 29.3 Å². The summed E-state index contributed by atoms with van der Waals surface area (Å²) < 4.78 is 78.6. The van der Waals surface area contributed by atoms with Crippen LogP contribution in [0.15, 0.2) is 42.5 Å². The molecule has 1 saturated heterocycles. The largest absolute Gasteiger partial charge is 0.416 e. The normalized spacial score (nSPS) is 16.4. The van der Waals surface area contributed by atoms with Gasteiger partial charge in [0.2, 0.25) is 0 Å². The summed E-state index contributed by atoms with van der Waals surface area (Å²) in [5.74, 6) is -0.109. The molecule has 8 heteroatoms. The van der Waals surface area contributed by atoms with Crippen LogP contribution in [-0.2, 0) is 18.8 Å². The van der Waals surface area contributed by atoms with Crippen molar-refractivity contribution in [1.29, 1.82) is 0 Å². The highest BCUT2D eigenvalue weighted by Gasteiger charge is 2.37. The van der Waals surface area contributed by atoms with E-state index in [2.05, 4.69) is 4.90 Å². The van der Waals surface area contributed by atoms with Gasteiger partial charge in [0.1, 0.15) is 0 Å². The predicted octanol–water partition coefficient (Wildman–Crippen LogP) is 5.77. The Labute approximate surface area is 158 Å². The van der Waals surface area contributed by atoms with E-state index in [1.54, 1.807) is 6.07 Å². The number of piperidine rings is 1. The molecule has 0 unspecified atom stereocenters. The molecule has 2 aromatic carbocycles. The van der Waals surface area contributed by atoms with Crippen LogP contribution in [0.4, 0.5) is 37.7 Å². The third-order valence-corrected chi connectivity index (χ3v) is 5.10. The summed E-state index contributed by atoms with van der Waals surface area (Å²) in [4.78, 5) is 2.09. The molecule has 1 aliphatic heterocycles. The molecule has 1 heterocycles. The highest BCUT2D eigenvalue weighted by Crippen LogP contribution is 2.38. The van der Waals surface area contributed by atoms with Crippen LogP contribution in [0.3, 0.4) is 0 Å². The Bertz CT molecular complexity index is 820. The molecule has 0 aromatic heterocycles. The Balaban J connectivity index is 1.75. The van der Waals surface area contributed by atoms with E-state index in [-0.39, 0.29) is 17.9 Å². The Kier molecular flexibility index (Phi) is 5.50. The zero-order chi connectivity index (χ0) is 20.5. The van der Waals surface area contributed by atoms with E-state index in [4.69, 9.17) is 5.73 Å². The van der Waals surface area contributed by atoms with E-state index in [1.807, 2.05) is 18.2 Å². The molecule has 0 spiro atoms. The summed E-state index contributed by atoms with van der Waals surface area (Å²) in [6.07, 6.45) is -8.18. The lowest BCUT2D eigenvalue weighted by atomic mass is 9.87. The van der Waals surface area contributed by atoms with Gasteiger partial charge in [0.05, 0.1) is 11.1 Å². The van der Waals surface area contributed by atoms with Crippen molar-refractivity contribution in [2.75, 3.05) is 23.7 Å². The smallest absolute Gasteiger partial charge is 0.399 e. The van der Waals surface area contributed by atoms with Crippen molar-refractivity contribution in [3.63, 3.8) is 0 Å². The fourth-order valence-electron chi connectivity index (χ4n) is 3.64. The summed E-state index contributed by atoms with van der Waals surface area (Å²) in [5.41, 5.74) is 5.02. The first kappa shape index (κ1) is 20.4. The van der Waals surface area contributed by atoms with Crippen molar-refractivity contribution in [2.24, 2.45) is 5.92 Å². The van der Waals surface area contributed by atoms with Gasteiger partial charge in [-0.25, -0.2) is 0 Å². The monoisotopic (exact) mass is 402 g/mol. The predicted molar refractivity (Wildman–Crippen MR) is 95.9 cm³/mol. The van der Waals surface area contributed by atoms with Gasteiger partial charge in [-0.1, -0.05) is 6.07 Å². The van der Waals surface area contributed by atoms with Gasteiger partial charge in [0.15, 0.2) is 0 Å². The molecule has 2 N–H and O–H groups in total. The average Bonchev–Trinajstić information content (AvgIpc) is 2.60. The number of nitrogens with two attached hydrogens (primary N) is 1. The maximum Gasteiger partial charge on any atom is 0.416 e. The number of nitrogens with zero attached hydrogens (tertiary/aromatic N) is 1. The third kappa shape index (κ3) is 4.72. The Morgan fingerprint density at radius 3 is 2.14 bits per heavy atom. The number of anilines is 2. The van der Waals surface area contributed by atoms with Crippen molar-refractivity contribution in [3.8, 4) is 0 Å². The van der Waals surface area contributed by atoms with Gasteiger partial charge in [-0.2, -0.15) is 26.3 Å². The molecule has 1 aliphatic rings. The van der Waals surface area contributed by atoms with E-state index in [0.717, 1.165) is 5.69 Å². The highest BCUT2D eigenvalue weighted by atomic mass is 19.4. The van der Waals surface area contributed by atoms with Crippen LogP contribution in [0.5, 0.6) is 0 Å². The van der Waals surface area contributed by atoms with Crippen molar-refractivity contribution in [1.82, 2.24) is 0 Å². The second-order valence-electron chi connectivity index (χ2n) is 7.10. The first-order chi connectivity index (χ1) is 13.0. The molecule has 2 aromatic rings. The standard InChI is InChI=1S/C20H20F6N2/c21-19(22,23)15-4-5-18(20(24,25)26)14(11-15)10-13-6-8-28(9-7-13)17-3-1-2-16(27)12-17/h1-5,11-13H,6-10,27H2. The fraction of sp³-hybridized carbons (Fsp3) is 0.400. The zero-order valence-electron chi connectivity index (χ0n) is 14.9. The van der Waals surface area contributed by atoms with Crippen molar-refractivity contribution in [2.45, 2.75) is 31.6 Å². The highest BCUT2D eigenvalue weighted by molar-refractivity contribution is 5.56. The molecule has 0 aliphatic carbocycles. The van der Waals surface area contributed by atoms with Gasteiger partial charge < -0.3 is 10.6 Å². The van der Waals surface area contributed by atoms with Crippen LogP contribution in [0.1, 0.15) is 29.5 Å². The van der Waals surface area contributed by atoms with E-state index in [0.29, 0.717) is 49.8 Å². The molecule has 0 saturated carbocycles. The SMILES string of the molecule is Nc1cccc(N2CCC(Cc3cc(C(F)(F)F)ccc3C(F)(F)F)CC2)c1. The molecule has 152 valence electrons. The molecule has 28 heavy (non-hydrogen) atoms. The number of rotatable bonds is 3. The minimum Gasteiger partial charge on any atom is -0.399 e. The number of alkyl halides is 6. The lowest BCUT2D eigenvalue weighted by Gasteiger charge is -2.34. The van der Waals surface area contributed by atoms with Crippen molar-refractivity contribution >= 4 is 11.4 Å². The van der Waals surface area contributed by atoms with E-state index >= 15 is 0 Å². The van der Waals surface area contributed by atoms with Crippen molar-refractivity contribution < 1.29 is 26.3 Å². The zero-order valence-corrected chi connectivity index (χ0v) is 14.9. The quantitative estimate of drug-likeness (QED) is 0.522. The van der Waals surface area contributed by atoms with Crippen LogP contribution in [-0.4, -0.2) is 13.1 Å². The molecule has 0 amide bonds. The molecule has 0 radical (unpaired) electrons. The first-order valence-corrected chi connectivity index (χ1v) is 8.92. The summed E-state index contributed by atoms with van der Waals surface area (Å²) >= 11 is 0. The van der Waals surface area contributed by atoms with Gasteiger partial charge in [-0.05, 0) is 67.1 Å². The fourth-order valence-corrected chi connectivity index (χ4v) is 3.64. The lowest BCUT2D eigenvalue weighted by Crippen LogP contribution is -2.34. The van der Waals surface area contributed by atoms with Gasteiger partial charge >= 0.3 is 12.4 Å². The van der Waals surface area contributed by atoms with Gasteiger partial charge in [0.25, 0.3) is 0 Å². The van der Waals surface area contributed by atoms with Crippen LogP contribution < -0.4 is 10.6 Å². The molecular formula is C20H20F6N2. The number of nitrogen functional groups attached to an aromatic ring is 1. The van der Waals surface area contributed by atoms with Crippen LogP contribution in [0.2, 0.25) is 0 Å². The van der Waals surface area contributed by atoms with Gasteiger partial charge in [-0.3, -0.25) is 0 Å². The number of halogens is 6. The van der Waals surface area contributed by atoms with E-state index in [9.17, 15) is 26.3 Å².